The third kappa shape index (κ3) is 2.25. The number of aldehydes is 1. The van der Waals surface area contributed by atoms with Crippen LogP contribution in [0.2, 0.25) is 0 Å². The third-order valence-electron chi connectivity index (χ3n) is 3.88. The molecular weight excluding hydrogens is 226 g/mol. The van der Waals surface area contributed by atoms with Crippen LogP contribution in [0.25, 0.3) is 0 Å². The van der Waals surface area contributed by atoms with Crippen LogP contribution < -0.4 is 4.90 Å². The van der Waals surface area contributed by atoms with E-state index >= 15 is 0 Å². The minimum Gasteiger partial charge on any atom is -0.354 e. The molecule has 4 nitrogen and oxygen atoms in total. The maximum absolute atomic E-state index is 10.7. The Balaban J connectivity index is 1.69. The zero-order chi connectivity index (χ0) is 12.5. The van der Waals surface area contributed by atoms with Crippen LogP contribution in [-0.4, -0.2) is 48.4 Å². The molecule has 0 radical (unpaired) electrons. The average Bonchev–Trinajstić information content (AvgIpc) is 3.23. The summed E-state index contributed by atoms with van der Waals surface area (Å²) in [7, 11) is 0. The highest BCUT2D eigenvalue weighted by molar-refractivity contribution is 5.75. The van der Waals surface area contributed by atoms with Crippen LogP contribution in [0.3, 0.4) is 0 Å². The molecule has 1 saturated heterocycles. The predicted molar refractivity (Wildman–Crippen MR) is 71.2 cm³/mol. The molecule has 0 unspecified atom stereocenters. The molecule has 1 aliphatic carbocycles. The van der Waals surface area contributed by atoms with E-state index in [0.717, 1.165) is 49.9 Å². The Morgan fingerprint density at radius 3 is 2.56 bits per heavy atom. The van der Waals surface area contributed by atoms with Gasteiger partial charge in [0, 0.05) is 44.0 Å². The fourth-order valence-electron chi connectivity index (χ4n) is 2.72. The van der Waals surface area contributed by atoms with Crippen molar-refractivity contribution < 1.29 is 4.79 Å². The van der Waals surface area contributed by atoms with Gasteiger partial charge in [0.1, 0.15) is 5.82 Å². The van der Waals surface area contributed by atoms with E-state index in [-0.39, 0.29) is 0 Å². The zero-order valence-corrected chi connectivity index (χ0v) is 10.8. The number of hydrogen-bond acceptors (Lipinski definition) is 4. The molecule has 3 rings (SSSR count). The van der Waals surface area contributed by atoms with Gasteiger partial charge in [-0.25, -0.2) is 4.98 Å². The van der Waals surface area contributed by atoms with Gasteiger partial charge in [-0.1, -0.05) is 0 Å². The molecule has 0 atom stereocenters. The largest absolute Gasteiger partial charge is 0.354 e. The van der Waals surface area contributed by atoms with Crippen molar-refractivity contribution in [2.24, 2.45) is 0 Å². The summed E-state index contributed by atoms with van der Waals surface area (Å²) in [6.07, 6.45) is 5.29. The van der Waals surface area contributed by atoms with Gasteiger partial charge in [0.2, 0.25) is 0 Å². The summed E-state index contributed by atoms with van der Waals surface area (Å²) in [5, 5.41) is 0. The first-order valence-electron chi connectivity index (χ1n) is 6.69. The Hall–Kier alpha value is -1.42. The number of pyridine rings is 1. The van der Waals surface area contributed by atoms with Gasteiger partial charge in [0.15, 0.2) is 6.29 Å². The van der Waals surface area contributed by atoms with Crippen LogP contribution in [0.4, 0.5) is 5.82 Å². The Morgan fingerprint density at radius 1 is 1.28 bits per heavy atom. The summed E-state index contributed by atoms with van der Waals surface area (Å²) in [6, 6.07) is 2.78. The van der Waals surface area contributed by atoms with Gasteiger partial charge in [0.05, 0.1) is 0 Å². The second kappa shape index (κ2) is 4.69. The molecule has 4 heteroatoms. The maximum Gasteiger partial charge on any atom is 0.151 e. The predicted octanol–water partition coefficient (Wildman–Crippen LogP) is 1.49. The van der Waals surface area contributed by atoms with Crippen LogP contribution in [0.1, 0.15) is 28.8 Å². The molecule has 0 spiro atoms. The first kappa shape index (κ1) is 11.7. The van der Waals surface area contributed by atoms with E-state index < -0.39 is 0 Å². The summed E-state index contributed by atoms with van der Waals surface area (Å²) < 4.78 is 0. The molecule has 2 fully saturated rings. The van der Waals surface area contributed by atoms with Gasteiger partial charge < -0.3 is 4.90 Å². The van der Waals surface area contributed by atoms with E-state index in [2.05, 4.69) is 14.8 Å². The molecule has 96 valence electrons. The van der Waals surface area contributed by atoms with Crippen LogP contribution in [0, 0.1) is 6.92 Å². The number of aromatic nitrogens is 1. The maximum atomic E-state index is 10.7. The van der Waals surface area contributed by atoms with E-state index in [1.165, 1.54) is 12.8 Å². The second-order valence-corrected chi connectivity index (χ2v) is 5.28. The molecule has 0 bridgehead atoms. The van der Waals surface area contributed by atoms with Crippen LogP contribution in [0.5, 0.6) is 0 Å². The van der Waals surface area contributed by atoms with Crippen LogP contribution >= 0.6 is 0 Å². The van der Waals surface area contributed by atoms with Crippen LogP contribution in [0.15, 0.2) is 12.3 Å². The fraction of sp³-hybridized carbons (Fsp3) is 0.571. The lowest BCUT2D eigenvalue weighted by Crippen LogP contribution is -2.47. The number of piperazine rings is 1. The van der Waals surface area contributed by atoms with Crippen molar-refractivity contribution in [1.82, 2.24) is 9.88 Å². The van der Waals surface area contributed by atoms with Gasteiger partial charge >= 0.3 is 0 Å². The highest BCUT2D eigenvalue weighted by Crippen LogP contribution is 2.28. The molecule has 0 amide bonds. The minimum absolute atomic E-state index is 0.660. The van der Waals surface area contributed by atoms with Gasteiger partial charge in [-0.2, -0.15) is 0 Å². The normalized spacial score (nSPS) is 21.1. The molecule has 18 heavy (non-hydrogen) atoms. The highest BCUT2D eigenvalue weighted by atomic mass is 16.1. The summed E-state index contributed by atoms with van der Waals surface area (Å²) in [5.41, 5.74) is 1.76. The quantitative estimate of drug-likeness (QED) is 0.756. The van der Waals surface area contributed by atoms with Crippen molar-refractivity contribution in [2.45, 2.75) is 25.8 Å². The van der Waals surface area contributed by atoms with Crippen molar-refractivity contribution in [1.29, 1.82) is 0 Å². The SMILES string of the molecule is Cc1cc(C=O)cnc1N1CCN(C2CC2)CC1. The number of nitrogens with zero attached hydrogens (tertiary/aromatic N) is 3. The molecule has 1 aromatic rings. The molecular formula is C14H19N3O. The number of hydrogen-bond donors (Lipinski definition) is 0. The fourth-order valence-corrected chi connectivity index (χ4v) is 2.72. The van der Waals surface area contributed by atoms with Crippen molar-refractivity contribution >= 4 is 12.1 Å². The lowest BCUT2D eigenvalue weighted by Gasteiger charge is -2.36. The van der Waals surface area contributed by atoms with Crippen molar-refractivity contribution in [3.05, 3.63) is 23.4 Å². The molecule has 1 aromatic heterocycles. The van der Waals surface area contributed by atoms with Gasteiger partial charge in [-0.05, 0) is 31.4 Å². The number of carbonyl (C=O) groups excluding carboxylic acids is 1. The first-order chi connectivity index (χ1) is 8.78. The number of aryl methyl sites for hydroxylation is 1. The minimum atomic E-state index is 0.660. The first-order valence-corrected chi connectivity index (χ1v) is 6.69. The summed E-state index contributed by atoms with van der Waals surface area (Å²) in [6.45, 7) is 6.40. The van der Waals surface area contributed by atoms with Gasteiger partial charge in [-0.3, -0.25) is 9.69 Å². The number of anilines is 1. The van der Waals surface area contributed by atoms with Gasteiger partial charge in [0.25, 0.3) is 0 Å². The highest BCUT2D eigenvalue weighted by Gasteiger charge is 2.31. The van der Waals surface area contributed by atoms with Gasteiger partial charge in [-0.15, -0.1) is 0 Å². The lowest BCUT2D eigenvalue weighted by atomic mass is 10.2. The average molecular weight is 245 g/mol. The van der Waals surface area contributed by atoms with Crippen molar-refractivity contribution in [3.8, 4) is 0 Å². The molecule has 1 saturated carbocycles. The lowest BCUT2D eigenvalue weighted by molar-refractivity contribution is 0.112. The Bertz CT molecular complexity index is 448. The Kier molecular flexibility index (Phi) is 3.04. The number of rotatable bonds is 3. The molecule has 1 aliphatic heterocycles. The Labute approximate surface area is 108 Å². The summed E-state index contributed by atoms with van der Waals surface area (Å²) >= 11 is 0. The smallest absolute Gasteiger partial charge is 0.151 e. The molecule has 0 aromatic carbocycles. The Morgan fingerprint density at radius 2 is 2.00 bits per heavy atom. The summed E-state index contributed by atoms with van der Waals surface area (Å²) in [5.74, 6) is 1.04. The molecule has 2 aliphatic rings. The van der Waals surface area contributed by atoms with E-state index in [1.54, 1.807) is 6.20 Å². The van der Waals surface area contributed by atoms with E-state index in [9.17, 15) is 4.79 Å². The topological polar surface area (TPSA) is 36.4 Å². The van der Waals surface area contributed by atoms with E-state index in [0.29, 0.717) is 5.56 Å². The van der Waals surface area contributed by atoms with Crippen molar-refractivity contribution in [3.63, 3.8) is 0 Å². The summed E-state index contributed by atoms with van der Waals surface area (Å²) in [4.78, 5) is 20.1. The third-order valence-corrected chi connectivity index (χ3v) is 3.88. The van der Waals surface area contributed by atoms with Crippen molar-refractivity contribution in [2.75, 3.05) is 31.1 Å². The second-order valence-electron chi connectivity index (χ2n) is 5.28. The molecule has 2 heterocycles. The molecule has 0 N–H and O–H groups in total. The van der Waals surface area contributed by atoms with E-state index in [1.807, 2.05) is 13.0 Å². The zero-order valence-electron chi connectivity index (χ0n) is 10.8. The monoisotopic (exact) mass is 245 g/mol. The van der Waals surface area contributed by atoms with Crippen LogP contribution in [-0.2, 0) is 0 Å². The van der Waals surface area contributed by atoms with E-state index in [4.69, 9.17) is 0 Å². The standard InChI is InChI=1S/C14H19N3O/c1-11-8-12(10-18)9-15-14(11)17-6-4-16(5-7-17)13-2-3-13/h8-10,13H,2-7H2,1H3. The number of carbonyl (C=O) groups is 1.